The molecule has 1 heterocycles. The maximum Gasteiger partial charge on any atom is 0.160 e. The molecule has 0 radical (unpaired) electrons. The van der Waals surface area contributed by atoms with E-state index in [2.05, 4.69) is 35.2 Å². The zero-order valence-corrected chi connectivity index (χ0v) is 15.7. The topological polar surface area (TPSA) is 41.9 Å². The van der Waals surface area contributed by atoms with Crippen molar-refractivity contribution in [1.29, 1.82) is 0 Å². The Morgan fingerprint density at radius 2 is 1.73 bits per heavy atom. The van der Waals surface area contributed by atoms with E-state index in [4.69, 9.17) is 9.47 Å². The lowest BCUT2D eigenvalue weighted by Crippen LogP contribution is -2.46. The van der Waals surface area contributed by atoms with Gasteiger partial charge in [0.25, 0.3) is 0 Å². The summed E-state index contributed by atoms with van der Waals surface area (Å²) < 4.78 is 10.7. The van der Waals surface area contributed by atoms with Crippen molar-refractivity contribution in [2.45, 2.75) is 37.7 Å². The molecule has 4 heteroatoms. The van der Waals surface area contributed by atoms with Crippen LogP contribution in [0.15, 0.2) is 54.6 Å². The first kappa shape index (κ1) is 19.1. The third-order valence-corrected chi connectivity index (χ3v) is 5.23. The Bertz CT molecular complexity index is 687. The maximum absolute atomic E-state index is 11.5. The summed E-state index contributed by atoms with van der Waals surface area (Å²) in [5.41, 5.74) is 2.53. The van der Waals surface area contributed by atoms with Crippen LogP contribution in [0.5, 0.6) is 0 Å². The molecule has 1 fully saturated rings. The Labute approximate surface area is 156 Å². The molecule has 1 atom stereocenters. The molecule has 0 spiro atoms. The van der Waals surface area contributed by atoms with Crippen LogP contribution < -0.4 is 0 Å². The highest BCUT2D eigenvalue weighted by atomic mass is 16.7. The molecule has 1 aliphatic heterocycles. The smallest absolute Gasteiger partial charge is 0.160 e. The lowest BCUT2D eigenvalue weighted by molar-refractivity contribution is -0.101. The summed E-state index contributed by atoms with van der Waals surface area (Å²) in [6, 6.07) is 18.6. The van der Waals surface area contributed by atoms with E-state index in [-0.39, 0.29) is 6.29 Å². The van der Waals surface area contributed by atoms with E-state index in [1.807, 2.05) is 24.3 Å². The predicted molar refractivity (Wildman–Crippen MR) is 103 cm³/mol. The molecule has 0 aliphatic carbocycles. The van der Waals surface area contributed by atoms with Crippen molar-refractivity contribution in [2.24, 2.45) is 0 Å². The van der Waals surface area contributed by atoms with Crippen molar-refractivity contribution in [3.63, 3.8) is 0 Å². The van der Waals surface area contributed by atoms with Gasteiger partial charge >= 0.3 is 0 Å². The molecule has 3 rings (SSSR count). The number of β-amino-alcohol motifs (C(OH)–C–C–N with tert-alkyl or cyclic N) is 1. The third kappa shape index (κ3) is 4.51. The zero-order valence-electron chi connectivity index (χ0n) is 15.7. The maximum atomic E-state index is 11.5. The number of hydrogen-bond donors (Lipinski definition) is 1. The Hall–Kier alpha value is -1.72. The summed E-state index contributed by atoms with van der Waals surface area (Å²) in [6.07, 6.45) is 2.09. The minimum absolute atomic E-state index is 0.302. The second kappa shape index (κ2) is 8.78. The van der Waals surface area contributed by atoms with Crippen LogP contribution in [0.25, 0.3) is 0 Å². The van der Waals surface area contributed by atoms with Crippen LogP contribution in [-0.2, 0) is 28.0 Å². The minimum atomic E-state index is -0.838. The molecule has 1 N–H and O–H groups in total. The van der Waals surface area contributed by atoms with Crippen molar-refractivity contribution >= 4 is 0 Å². The van der Waals surface area contributed by atoms with Crippen LogP contribution in [0, 0.1) is 0 Å². The van der Waals surface area contributed by atoms with Gasteiger partial charge in [-0.15, -0.1) is 0 Å². The Morgan fingerprint density at radius 1 is 1.04 bits per heavy atom. The summed E-state index contributed by atoms with van der Waals surface area (Å²) in [7, 11) is 3.29. The van der Waals surface area contributed by atoms with E-state index in [1.165, 1.54) is 5.56 Å². The monoisotopic (exact) mass is 355 g/mol. The first-order valence-corrected chi connectivity index (χ1v) is 9.27. The van der Waals surface area contributed by atoms with Gasteiger partial charge in [-0.05, 0) is 36.1 Å². The van der Waals surface area contributed by atoms with Crippen molar-refractivity contribution in [3.05, 3.63) is 71.3 Å². The highest BCUT2D eigenvalue weighted by molar-refractivity contribution is 5.34. The van der Waals surface area contributed by atoms with Crippen molar-refractivity contribution in [3.8, 4) is 0 Å². The second-order valence-electron chi connectivity index (χ2n) is 7.09. The molecule has 0 bridgehead atoms. The fourth-order valence-electron chi connectivity index (χ4n) is 3.91. The van der Waals surface area contributed by atoms with E-state index in [1.54, 1.807) is 14.2 Å². The molecule has 0 saturated carbocycles. The number of piperidine rings is 1. The highest BCUT2D eigenvalue weighted by Gasteiger charge is 2.36. The molecule has 0 aromatic heterocycles. The number of rotatable bonds is 7. The van der Waals surface area contributed by atoms with Crippen LogP contribution in [0.4, 0.5) is 0 Å². The first-order valence-electron chi connectivity index (χ1n) is 9.27. The van der Waals surface area contributed by atoms with E-state index in [0.29, 0.717) is 13.0 Å². The van der Waals surface area contributed by atoms with Crippen molar-refractivity contribution in [1.82, 2.24) is 4.90 Å². The van der Waals surface area contributed by atoms with Crippen molar-refractivity contribution in [2.75, 3.05) is 27.3 Å². The molecule has 2 aromatic rings. The average Bonchev–Trinajstić information content (AvgIpc) is 2.67. The fraction of sp³-hybridized carbons (Fsp3) is 0.455. The fourth-order valence-corrected chi connectivity index (χ4v) is 3.91. The molecule has 1 unspecified atom stereocenters. The van der Waals surface area contributed by atoms with Crippen LogP contribution in [-0.4, -0.2) is 43.6 Å². The predicted octanol–water partition coefficient (Wildman–Crippen LogP) is 3.33. The Morgan fingerprint density at radius 3 is 2.46 bits per heavy atom. The normalized spacial score (nSPS) is 21.2. The summed E-state index contributed by atoms with van der Waals surface area (Å²) in [6.45, 7) is 2.52. The van der Waals surface area contributed by atoms with Gasteiger partial charge < -0.3 is 14.6 Å². The van der Waals surface area contributed by atoms with Crippen LogP contribution in [0.1, 0.15) is 29.5 Å². The van der Waals surface area contributed by atoms with Crippen LogP contribution in [0.2, 0.25) is 0 Å². The number of nitrogens with zero attached hydrogens (tertiary/aromatic N) is 1. The highest BCUT2D eigenvalue weighted by Crippen LogP contribution is 2.34. The SMILES string of the molecule is COC(Cc1ccccc1C1(O)CCCN(Cc2ccccc2)C1)OC. The second-order valence-corrected chi connectivity index (χ2v) is 7.09. The van der Waals surface area contributed by atoms with Gasteiger partial charge in [0.15, 0.2) is 6.29 Å². The van der Waals surface area contributed by atoms with Gasteiger partial charge in [-0.1, -0.05) is 54.6 Å². The van der Waals surface area contributed by atoms with Gasteiger partial charge in [-0.3, -0.25) is 4.90 Å². The van der Waals surface area contributed by atoms with Gasteiger partial charge in [-0.2, -0.15) is 0 Å². The van der Waals surface area contributed by atoms with Gasteiger partial charge in [0.05, 0.1) is 0 Å². The molecular formula is C22H29NO3. The number of methoxy groups -OCH3 is 2. The molecule has 2 aromatic carbocycles. The van der Waals surface area contributed by atoms with E-state index < -0.39 is 5.60 Å². The number of ether oxygens (including phenoxy) is 2. The van der Waals surface area contributed by atoms with Gasteiger partial charge in [-0.25, -0.2) is 0 Å². The summed E-state index contributed by atoms with van der Waals surface area (Å²) in [5.74, 6) is 0. The largest absolute Gasteiger partial charge is 0.384 e. The average molecular weight is 355 g/mol. The molecule has 4 nitrogen and oxygen atoms in total. The summed E-state index contributed by atoms with van der Waals surface area (Å²) in [5, 5.41) is 11.5. The number of likely N-dealkylation sites (tertiary alicyclic amines) is 1. The quantitative estimate of drug-likeness (QED) is 0.774. The van der Waals surface area contributed by atoms with Crippen LogP contribution >= 0.6 is 0 Å². The van der Waals surface area contributed by atoms with E-state index in [9.17, 15) is 5.11 Å². The first-order chi connectivity index (χ1) is 12.6. The van der Waals surface area contributed by atoms with Crippen LogP contribution in [0.3, 0.4) is 0 Å². The number of benzene rings is 2. The van der Waals surface area contributed by atoms with Gasteiger partial charge in [0.1, 0.15) is 5.60 Å². The lowest BCUT2D eigenvalue weighted by atomic mass is 9.82. The minimum Gasteiger partial charge on any atom is -0.384 e. The Kier molecular flexibility index (Phi) is 6.43. The van der Waals surface area contributed by atoms with Crippen molar-refractivity contribution < 1.29 is 14.6 Å². The number of aliphatic hydroxyl groups is 1. The third-order valence-electron chi connectivity index (χ3n) is 5.23. The lowest BCUT2D eigenvalue weighted by Gasteiger charge is -2.40. The molecule has 140 valence electrons. The van der Waals surface area contributed by atoms with Gasteiger partial charge in [0, 0.05) is 33.7 Å². The van der Waals surface area contributed by atoms with Gasteiger partial charge in [0.2, 0.25) is 0 Å². The van der Waals surface area contributed by atoms with E-state index in [0.717, 1.165) is 37.1 Å². The molecule has 1 saturated heterocycles. The molecule has 1 aliphatic rings. The van der Waals surface area contributed by atoms with E-state index >= 15 is 0 Å². The molecule has 26 heavy (non-hydrogen) atoms. The molecular weight excluding hydrogens is 326 g/mol. The standard InChI is InChI=1S/C22H29NO3/c1-25-21(26-2)15-19-11-6-7-12-20(19)22(24)13-8-14-23(17-22)16-18-9-4-3-5-10-18/h3-7,9-12,21,24H,8,13-17H2,1-2H3. The zero-order chi connectivity index (χ0) is 18.4. The Balaban J connectivity index is 1.79. The molecule has 0 amide bonds. The summed E-state index contributed by atoms with van der Waals surface area (Å²) in [4.78, 5) is 2.35. The summed E-state index contributed by atoms with van der Waals surface area (Å²) >= 11 is 0. The number of hydrogen-bond acceptors (Lipinski definition) is 4.